The quantitative estimate of drug-likeness (QED) is 0.548. The smallest absolute Gasteiger partial charge is 0.228 e. The van der Waals surface area contributed by atoms with E-state index in [9.17, 15) is 9.90 Å². The molecule has 1 aliphatic heterocycles. The number of ketones is 1. The number of carbonyl (C=O) groups is 1. The molecule has 6 rings (SSSR count). The Hall–Kier alpha value is -3.94. The lowest BCUT2D eigenvalue weighted by atomic mass is 9.80. The number of hydrogen-bond acceptors (Lipinski definition) is 7. The Kier molecular flexibility index (Phi) is 3.55. The highest BCUT2D eigenvalue weighted by Crippen LogP contribution is 2.47. The molecule has 2 aliphatic rings. The van der Waals surface area contributed by atoms with Gasteiger partial charge in [-0.25, -0.2) is 14.5 Å². The summed E-state index contributed by atoms with van der Waals surface area (Å²) in [6.07, 6.45) is 5.02. The van der Waals surface area contributed by atoms with Gasteiger partial charge in [-0.2, -0.15) is 0 Å². The predicted octanol–water partition coefficient (Wildman–Crippen LogP) is 3.62. The Balaban J connectivity index is 1.62. The van der Waals surface area contributed by atoms with Gasteiger partial charge in [-0.05, 0) is 30.7 Å². The highest BCUT2D eigenvalue weighted by molar-refractivity contribution is 5.99. The molecule has 30 heavy (non-hydrogen) atoms. The first-order valence-corrected chi connectivity index (χ1v) is 9.72. The second kappa shape index (κ2) is 6.28. The Morgan fingerprint density at radius 2 is 2.03 bits per heavy atom. The molecule has 0 unspecified atom stereocenters. The van der Waals surface area contributed by atoms with Crippen molar-refractivity contribution in [2.45, 2.75) is 25.2 Å². The van der Waals surface area contributed by atoms with Gasteiger partial charge in [-0.3, -0.25) is 4.79 Å². The van der Waals surface area contributed by atoms with Crippen molar-refractivity contribution in [1.29, 1.82) is 0 Å². The van der Waals surface area contributed by atoms with E-state index in [0.29, 0.717) is 58.4 Å². The minimum Gasteiger partial charge on any atom is -0.507 e. The maximum absolute atomic E-state index is 12.9. The number of Topliss-reactive ketones (excluding diaryl/α,β-unsaturated/α-hetero) is 1. The molecule has 8 heteroatoms. The van der Waals surface area contributed by atoms with Crippen LogP contribution in [0.1, 0.15) is 36.5 Å². The highest BCUT2D eigenvalue weighted by atomic mass is 16.5. The number of furan rings is 1. The molecule has 4 aromatic rings. The van der Waals surface area contributed by atoms with Crippen LogP contribution in [-0.4, -0.2) is 30.5 Å². The van der Waals surface area contributed by atoms with Gasteiger partial charge in [-0.1, -0.05) is 12.1 Å². The number of para-hydroxylation sites is 1. The van der Waals surface area contributed by atoms with Gasteiger partial charge in [0.05, 0.1) is 23.3 Å². The third-order valence-electron chi connectivity index (χ3n) is 5.57. The van der Waals surface area contributed by atoms with Crippen LogP contribution in [0.15, 0.2) is 64.7 Å². The van der Waals surface area contributed by atoms with Crippen LogP contribution in [0.4, 0.5) is 0 Å². The van der Waals surface area contributed by atoms with Crippen LogP contribution in [0.2, 0.25) is 0 Å². The maximum Gasteiger partial charge on any atom is 0.228 e. The summed E-state index contributed by atoms with van der Waals surface area (Å²) in [4.78, 5) is 22.0. The van der Waals surface area contributed by atoms with Crippen molar-refractivity contribution in [3.63, 3.8) is 0 Å². The van der Waals surface area contributed by atoms with Gasteiger partial charge in [-0.15, -0.1) is 5.10 Å². The fourth-order valence-electron chi connectivity index (χ4n) is 4.23. The van der Waals surface area contributed by atoms with E-state index in [4.69, 9.17) is 9.15 Å². The number of carbonyl (C=O) groups excluding carboxylic acids is 1. The van der Waals surface area contributed by atoms with Crippen molar-refractivity contribution in [2.75, 3.05) is 0 Å². The molecule has 0 fully saturated rings. The van der Waals surface area contributed by atoms with E-state index in [2.05, 4.69) is 15.1 Å². The van der Waals surface area contributed by atoms with E-state index in [1.165, 1.54) is 6.33 Å². The largest absolute Gasteiger partial charge is 0.507 e. The van der Waals surface area contributed by atoms with E-state index in [-0.39, 0.29) is 11.5 Å². The predicted molar refractivity (Wildman–Crippen MR) is 105 cm³/mol. The first-order valence-electron chi connectivity index (χ1n) is 9.72. The first kappa shape index (κ1) is 17.0. The Morgan fingerprint density at radius 1 is 1.13 bits per heavy atom. The van der Waals surface area contributed by atoms with Crippen LogP contribution in [0, 0.1) is 0 Å². The first-order chi connectivity index (χ1) is 14.7. The topological polar surface area (TPSA) is 103 Å². The van der Waals surface area contributed by atoms with Crippen LogP contribution < -0.4 is 4.74 Å². The third kappa shape index (κ3) is 2.40. The van der Waals surface area contributed by atoms with Crippen LogP contribution in [0.5, 0.6) is 11.6 Å². The summed E-state index contributed by atoms with van der Waals surface area (Å²) in [5.41, 5.74) is 2.25. The average molecular weight is 400 g/mol. The minimum atomic E-state index is -0.468. The number of ether oxygens (including phenoxy) is 1. The zero-order valence-electron chi connectivity index (χ0n) is 15.8. The van der Waals surface area contributed by atoms with E-state index in [1.807, 2.05) is 6.07 Å². The van der Waals surface area contributed by atoms with Crippen LogP contribution >= 0.6 is 0 Å². The molecular weight excluding hydrogens is 384 g/mol. The summed E-state index contributed by atoms with van der Waals surface area (Å²) in [6.45, 7) is 0. The van der Waals surface area contributed by atoms with Gasteiger partial charge in [0.2, 0.25) is 5.88 Å². The number of benzene rings is 1. The second-order valence-electron chi connectivity index (χ2n) is 7.35. The molecule has 0 saturated carbocycles. The lowest BCUT2D eigenvalue weighted by Gasteiger charge is -2.30. The summed E-state index contributed by atoms with van der Waals surface area (Å²) in [6, 6.07) is 10.5. The molecule has 0 spiro atoms. The molecule has 8 nitrogen and oxygen atoms in total. The van der Waals surface area contributed by atoms with Gasteiger partial charge < -0.3 is 14.3 Å². The summed E-state index contributed by atoms with van der Waals surface area (Å²) in [5, 5.41) is 14.7. The molecule has 0 saturated heterocycles. The molecular formula is C22H16N4O4. The molecule has 148 valence electrons. The summed E-state index contributed by atoms with van der Waals surface area (Å²) in [5.74, 6) is 1.70. The van der Waals surface area contributed by atoms with Crippen LogP contribution in [0.3, 0.4) is 0 Å². The second-order valence-corrected chi connectivity index (χ2v) is 7.35. The highest BCUT2D eigenvalue weighted by Gasteiger charge is 2.41. The third-order valence-corrected chi connectivity index (χ3v) is 5.57. The van der Waals surface area contributed by atoms with Crippen molar-refractivity contribution >= 4 is 11.4 Å². The Labute approximate surface area is 170 Å². The van der Waals surface area contributed by atoms with Crippen molar-refractivity contribution in [2.24, 2.45) is 0 Å². The lowest BCUT2D eigenvalue weighted by molar-refractivity contribution is -0.116. The van der Waals surface area contributed by atoms with Crippen LogP contribution in [-0.2, 0) is 4.79 Å². The van der Waals surface area contributed by atoms with Crippen molar-refractivity contribution in [3.8, 4) is 23.0 Å². The van der Waals surface area contributed by atoms with Crippen molar-refractivity contribution < 1.29 is 19.1 Å². The van der Waals surface area contributed by atoms with Gasteiger partial charge in [0.1, 0.15) is 23.6 Å². The molecule has 1 atom stereocenters. The average Bonchev–Trinajstić information content (AvgIpc) is 3.42. The number of aromatic nitrogens is 4. The number of phenolic OH excluding ortho intramolecular Hbond substituents is 1. The summed E-state index contributed by atoms with van der Waals surface area (Å²) in [7, 11) is 0. The van der Waals surface area contributed by atoms with Gasteiger partial charge in [0, 0.05) is 18.4 Å². The number of fused-ring (bicyclic) bond motifs is 3. The maximum atomic E-state index is 12.9. The number of allylic oxidation sites excluding steroid dienone is 2. The van der Waals surface area contributed by atoms with E-state index in [1.54, 1.807) is 41.1 Å². The molecule has 0 bridgehead atoms. The van der Waals surface area contributed by atoms with Crippen LogP contribution in [0.25, 0.3) is 17.0 Å². The Morgan fingerprint density at radius 3 is 2.87 bits per heavy atom. The Bertz CT molecular complexity index is 1340. The lowest BCUT2D eigenvalue weighted by Crippen LogP contribution is -2.26. The summed E-state index contributed by atoms with van der Waals surface area (Å²) >= 11 is 0. The van der Waals surface area contributed by atoms with E-state index < -0.39 is 5.92 Å². The molecule has 1 aliphatic carbocycles. The zero-order chi connectivity index (χ0) is 20.2. The molecule has 0 radical (unpaired) electrons. The number of nitrogens with zero attached hydrogens (tertiary/aromatic N) is 4. The number of phenols is 1. The number of aromatic hydroxyl groups is 1. The van der Waals surface area contributed by atoms with Gasteiger partial charge >= 0.3 is 0 Å². The molecule has 3 aromatic heterocycles. The minimum absolute atomic E-state index is 0.0470. The standard InChI is InChI=1S/C22H16N4O4/c27-13-6-2-1-5-12(13)20-24-21-19-18(15-9-4-10-29-15)17-14(28)7-3-8-16(17)30-22(19)23-11-26(21)25-20/h1-2,4-6,9-11,18,27H,3,7-8H2/t18-/m0/s1. The molecule has 0 amide bonds. The van der Waals surface area contributed by atoms with Crippen molar-refractivity contribution in [1.82, 2.24) is 19.6 Å². The number of hydrogen-bond donors (Lipinski definition) is 1. The monoisotopic (exact) mass is 400 g/mol. The fourth-order valence-corrected chi connectivity index (χ4v) is 4.23. The normalized spacial score (nSPS) is 18.3. The van der Waals surface area contributed by atoms with Crippen molar-refractivity contribution in [3.05, 3.63) is 71.6 Å². The fraction of sp³-hybridized carbons (Fsp3) is 0.182. The van der Waals surface area contributed by atoms with E-state index in [0.717, 1.165) is 6.42 Å². The molecule has 1 aromatic carbocycles. The molecule has 4 heterocycles. The van der Waals surface area contributed by atoms with Gasteiger partial charge in [0.25, 0.3) is 0 Å². The zero-order valence-corrected chi connectivity index (χ0v) is 15.8. The SMILES string of the molecule is O=C1CCCC2=C1[C@H](c1ccco1)c1c(ncn3nc(-c4ccccc4O)nc13)O2. The summed E-state index contributed by atoms with van der Waals surface area (Å²) < 4.78 is 13.3. The number of rotatable bonds is 2. The van der Waals surface area contributed by atoms with Gasteiger partial charge in [0.15, 0.2) is 17.3 Å². The molecule has 1 N–H and O–H groups in total. The van der Waals surface area contributed by atoms with E-state index >= 15 is 0 Å².